The molecule has 1 aliphatic heterocycles. The maximum absolute atomic E-state index is 14.9. The molecule has 2 unspecified atom stereocenters. The van der Waals surface area contributed by atoms with E-state index in [9.17, 15) is 22.8 Å². The Morgan fingerprint density at radius 1 is 1.14 bits per heavy atom. The summed E-state index contributed by atoms with van der Waals surface area (Å²) in [5.41, 5.74) is 6.12. The Morgan fingerprint density at radius 2 is 1.84 bits per heavy atom. The standard InChI is InChI=1S/C35H38ClF3N8O3/c1-33(2,3)18-35(23-9-6-20(7-10-23)22-15-42-45(5)16-22)31(49)46(32(40)44-35)27(17-50-28(48)13-24-14-34(24,4)39)21-8-11-25(36)26(12-21)47-30(29(37)38)41-19-43-47/h6-12,15-16,19,24,27,29H,13-14,17-18H2,1-5H3,(H2,40,44)/t24?,27-,34?,35-/m1/s1. The first-order valence-electron chi connectivity index (χ1n) is 16.1. The van der Waals surface area contributed by atoms with Crippen LogP contribution in [0.5, 0.6) is 0 Å². The Bertz CT molecular complexity index is 1950. The summed E-state index contributed by atoms with van der Waals surface area (Å²) in [4.78, 5) is 37.6. The third-order valence-electron chi connectivity index (χ3n) is 9.13. The lowest BCUT2D eigenvalue weighted by atomic mass is 9.75. The van der Waals surface area contributed by atoms with Gasteiger partial charge in [0.15, 0.2) is 17.3 Å². The molecular formula is C35H38ClF3N8O3. The van der Waals surface area contributed by atoms with E-state index < -0.39 is 52.7 Å². The third kappa shape index (κ3) is 6.85. The molecule has 1 saturated carbocycles. The summed E-state index contributed by atoms with van der Waals surface area (Å²) in [6.07, 6.45) is 2.02. The second-order valence-electron chi connectivity index (χ2n) is 14.3. The van der Waals surface area contributed by atoms with Gasteiger partial charge in [0.25, 0.3) is 12.3 Å². The number of halogens is 4. The molecule has 6 rings (SSSR count). The Balaban J connectivity index is 1.40. The number of nitrogens with zero attached hydrogens (tertiary/aromatic N) is 7. The maximum Gasteiger partial charge on any atom is 0.306 e. The van der Waals surface area contributed by atoms with Crippen LogP contribution in [0.4, 0.5) is 13.2 Å². The van der Waals surface area contributed by atoms with Crippen LogP contribution in [0.3, 0.4) is 0 Å². The average molecular weight is 711 g/mol. The topological polar surface area (TPSA) is 134 Å². The van der Waals surface area contributed by atoms with Gasteiger partial charge in [-0.15, -0.1) is 0 Å². The minimum atomic E-state index is -2.96. The smallest absolute Gasteiger partial charge is 0.306 e. The minimum Gasteiger partial charge on any atom is -0.463 e. The molecule has 50 heavy (non-hydrogen) atoms. The molecule has 2 aromatic heterocycles. The van der Waals surface area contributed by atoms with Gasteiger partial charge in [0, 0.05) is 24.7 Å². The number of rotatable bonds is 11. The molecule has 1 fully saturated rings. The van der Waals surface area contributed by atoms with Crippen molar-refractivity contribution in [2.45, 2.75) is 70.6 Å². The zero-order chi connectivity index (χ0) is 36.2. The van der Waals surface area contributed by atoms with Crippen molar-refractivity contribution in [2.75, 3.05) is 6.61 Å². The Hall–Kier alpha value is -4.72. The molecule has 2 aromatic carbocycles. The van der Waals surface area contributed by atoms with Crippen LogP contribution in [0.1, 0.15) is 76.4 Å². The largest absolute Gasteiger partial charge is 0.463 e. The zero-order valence-electron chi connectivity index (χ0n) is 28.3. The predicted octanol–water partition coefficient (Wildman–Crippen LogP) is 6.47. The minimum absolute atomic E-state index is 0.0635. The molecule has 4 aromatic rings. The number of benzene rings is 2. The Labute approximate surface area is 292 Å². The van der Waals surface area contributed by atoms with E-state index in [1.54, 1.807) is 16.9 Å². The van der Waals surface area contributed by atoms with Gasteiger partial charge in [0.05, 0.1) is 29.4 Å². The van der Waals surface area contributed by atoms with E-state index in [0.29, 0.717) is 11.1 Å². The number of alkyl halides is 3. The van der Waals surface area contributed by atoms with Crippen LogP contribution in [0, 0.1) is 11.3 Å². The number of hydrogen-bond acceptors (Lipinski definition) is 8. The van der Waals surface area contributed by atoms with Crippen molar-refractivity contribution in [1.29, 1.82) is 0 Å². The number of aliphatic imine (C=N–C) groups is 1. The number of aryl methyl sites for hydroxylation is 1. The van der Waals surface area contributed by atoms with E-state index in [2.05, 4.69) is 15.2 Å². The van der Waals surface area contributed by atoms with Crippen LogP contribution in [-0.2, 0) is 26.9 Å². The molecule has 4 atom stereocenters. The SMILES string of the molecule is Cn1cc(-c2ccc([C@@]3(CC(C)(C)C)N=C(N)N([C@H](COC(=O)CC4CC4(C)F)c4ccc(Cl)c(-n5ncnc5C(F)F)c4)C3=O)cc2)cn1. The molecule has 264 valence electrons. The summed E-state index contributed by atoms with van der Waals surface area (Å²) in [7, 11) is 1.82. The molecule has 0 saturated heterocycles. The van der Waals surface area contributed by atoms with Crippen LogP contribution in [-0.4, -0.2) is 59.6 Å². The van der Waals surface area contributed by atoms with Crippen LogP contribution in [0.25, 0.3) is 16.8 Å². The van der Waals surface area contributed by atoms with Crippen molar-refractivity contribution in [3.8, 4) is 16.8 Å². The fraction of sp³-hybridized carbons (Fsp3) is 0.429. The third-order valence-corrected chi connectivity index (χ3v) is 9.45. The second-order valence-corrected chi connectivity index (χ2v) is 14.8. The fourth-order valence-corrected chi connectivity index (χ4v) is 6.72. The van der Waals surface area contributed by atoms with E-state index >= 15 is 0 Å². The lowest BCUT2D eigenvalue weighted by Gasteiger charge is -2.35. The van der Waals surface area contributed by atoms with Crippen LogP contribution in [0.2, 0.25) is 5.02 Å². The van der Waals surface area contributed by atoms with Gasteiger partial charge in [-0.05, 0) is 54.0 Å². The summed E-state index contributed by atoms with van der Waals surface area (Å²) in [5, 5.41) is 8.27. The molecule has 1 amide bonds. The van der Waals surface area contributed by atoms with E-state index in [1.807, 2.05) is 58.3 Å². The molecule has 15 heteroatoms. The highest BCUT2D eigenvalue weighted by Gasteiger charge is 2.54. The first kappa shape index (κ1) is 35.1. The highest BCUT2D eigenvalue weighted by Crippen LogP contribution is 2.49. The molecule has 0 bridgehead atoms. The molecule has 2 N–H and O–H groups in total. The number of nitrogens with two attached hydrogens (primary N) is 1. The molecule has 1 aliphatic carbocycles. The highest BCUT2D eigenvalue weighted by molar-refractivity contribution is 6.32. The predicted molar refractivity (Wildman–Crippen MR) is 180 cm³/mol. The maximum atomic E-state index is 14.9. The first-order chi connectivity index (χ1) is 23.5. The van der Waals surface area contributed by atoms with E-state index in [4.69, 9.17) is 27.1 Å². The first-order valence-corrected chi connectivity index (χ1v) is 16.5. The van der Waals surface area contributed by atoms with Crippen LogP contribution < -0.4 is 5.73 Å². The monoisotopic (exact) mass is 710 g/mol. The summed E-state index contributed by atoms with van der Waals surface area (Å²) in [6, 6.07) is 10.9. The Morgan fingerprint density at radius 3 is 2.44 bits per heavy atom. The zero-order valence-corrected chi connectivity index (χ0v) is 29.0. The lowest BCUT2D eigenvalue weighted by molar-refractivity contribution is -0.148. The van der Waals surface area contributed by atoms with Gasteiger partial charge >= 0.3 is 5.97 Å². The number of esters is 1. The molecular weight excluding hydrogens is 673 g/mol. The van der Waals surface area contributed by atoms with Gasteiger partial charge in [-0.25, -0.2) is 27.8 Å². The average Bonchev–Trinajstić information content (AvgIpc) is 3.45. The number of ether oxygens (including phenoxy) is 1. The lowest BCUT2D eigenvalue weighted by Crippen LogP contribution is -2.47. The number of guanidine groups is 1. The molecule has 0 radical (unpaired) electrons. The summed E-state index contributed by atoms with van der Waals surface area (Å²) >= 11 is 6.47. The van der Waals surface area contributed by atoms with Gasteiger partial charge in [0.2, 0.25) is 0 Å². The van der Waals surface area contributed by atoms with Gasteiger partial charge in [-0.2, -0.15) is 10.2 Å². The van der Waals surface area contributed by atoms with Crippen molar-refractivity contribution in [1.82, 2.24) is 29.4 Å². The fourth-order valence-electron chi connectivity index (χ4n) is 6.53. The van der Waals surface area contributed by atoms with Gasteiger partial charge in [0.1, 0.15) is 18.6 Å². The summed E-state index contributed by atoms with van der Waals surface area (Å²) in [6.45, 7) is 7.00. The van der Waals surface area contributed by atoms with Crippen molar-refractivity contribution < 1.29 is 27.5 Å². The molecule has 11 nitrogen and oxygen atoms in total. The Kier molecular flexibility index (Phi) is 9.04. The van der Waals surface area contributed by atoms with Crippen LogP contribution in [0.15, 0.2) is 66.2 Å². The molecule has 2 aliphatic rings. The van der Waals surface area contributed by atoms with Crippen molar-refractivity contribution in [3.05, 3.63) is 83.2 Å². The number of hydrogen-bond donors (Lipinski definition) is 1. The van der Waals surface area contributed by atoms with Crippen molar-refractivity contribution >= 4 is 29.4 Å². The normalized spacial score (nSPS) is 22.6. The molecule has 0 spiro atoms. The molecule has 3 heterocycles. The van der Waals surface area contributed by atoms with Gasteiger partial charge in [-0.3, -0.25) is 19.2 Å². The summed E-state index contributed by atoms with van der Waals surface area (Å²) < 4.78 is 50.2. The number of carbonyl (C=O) groups is 2. The summed E-state index contributed by atoms with van der Waals surface area (Å²) in [5.74, 6) is -2.35. The number of aromatic nitrogens is 5. The quantitative estimate of drug-likeness (QED) is 0.176. The second kappa shape index (κ2) is 12.9. The van der Waals surface area contributed by atoms with E-state index in [1.165, 1.54) is 24.0 Å². The van der Waals surface area contributed by atoms with Crippen molar-refractivity contribution in [2.24, 2.45) is 29.1 Å². The number of carbonyl (C=O) groups excluding carboxylic acids is 2. The van der Waals surface area contributed by atoms with E-state index in [-0.39, 0.29) is 42.5 Å². The van der Waals surface area contributed by atoms with Crippen molar-refractivity contribution in [3.63, 3.8) is 0 Å². The van der Waals surface area contributed by atoms with Gasteiger partial charge < -0.3 is 10.5 Å². The highest BCUT2D eigenvalue weighted by atomic mass is 35.5. The van der Waals surface area contributed by atoms with Gasteiger partial charge in [-0.1, -0.05) is 62.7 Å². The van der Waals surface area contributed by atoms with Crippen LogP contribution >= 0.6 is 11.6 Å². The van der Waals surface area contributed by atoms with E-state index in [0.717, 1.165) is 22.1 Å². The number of amides is 1.